The second-order valence-electron chi connectivity index (χ2n) is 4.76. The molecule has 2 unspecified atom stereocenters. The van der Waals surface area contributed by atoms with E-state index >= 15 is 0 Å². The molecule has 0 aromatic carbocycles. The van der Waals surface area contributed by atoms with E-state index in [9.17, 15) is 0 Å². The third-order valence-corrected chi connectivity index (χ3v) is 5.41. The lowest BCUT2D eigenvalue weighted by molar-refractivity contribution is 0.150. The molecule has 2 aliphatic heterocycles. The lowest BCUT2D eigenvalue weighted by atomic mass is 10.0. The minimum atomic E-state index is 0.529. The number of rotatable bonds is 1. The van der Waals surface area contributed by atoms with Crippen LogP contribution in [0.25, 0.3) is 0 Å². The first-order valence-corrected chi connectivity index (χ1v) is 7.53. The molecule has 0 N–H and O–H groups in total. The second-order valence-corrected chi connectivity index (χ2v) is 7.05. The molecule has 3 heterocycles. The van der Waals surface area contributed by atoms with Gasteiger partial charge in [0, 0.05) is 17.6 Å². The van der Waals surface area contributed by atoms with E-state index in [4.69, 9.17) is 23.2 Å². The predicted octanol–water partition coefficient (Wildman–Crippen LogP) is 4.74. The molecular weight excluding hydrogens is 261 g/mol. The van der Waals surface area contributed by atoms with E-state index in [-0.39, 0.29) is 0 Å². The molecule has 0 aliphatic carbocycles. The molecule has 1 nitrogen and oxygen atoms in total. The van der Waals surface area contributed by atoms with Crippen molar-refractivity contribution in [1.82, 2.24) is 4.90 Å². The molecule has 2 saturated heterocycles. The SMILES string of the molecule is Clc1cc(C2CCC3CCCCN32)c(Cl)s1. The van der Waals surface area contributed by atoms with Crippen molar-refractivity contribution in [2.24, 2.45) is 0 Å². The molecular formula is C12H15Cl2NS. The summed E-state index contributed by atoms with van der Waals surface area (Å²) in [6.07, 6.45) is 6.67. The third-order valence-electron chi connectivity index (χ3n) is 3.89. The lowest BCUT2D eigenvalue weighted by Crippen LogP contribution is -2.35. The summed E-state index contributed by atoms with van der Waals surface area (Å²) in [5.41, 5.74) is 1.26. The third kappa shape index (κ3) is 1.90. The van der Waals surface area contributed by atoms with E-state index < -0.39 is 0 Å². The second kappa shape index (κ2) is 4.49. The molecule has 0 spiro atoms. The maximum Gasteiger partial charge on any atom is 0.0992 e. The highest BCUT2D eigenvalue weighted by Gasteiger charge is 2.36. The molecule has 2 fully saturated rings. The molecule has 2 atom stereocenters. The van der Waals surface area contributed by atoms with Gasteiger partial charge in [-0.25, -0.2) is 0 Å². The van der Waals surface area contributed by atoms with Gasteiger partial charge < -0.3 is 0 Å². The molecule has 88 valence electrons. The van der Waals surface area contributed by atoms with Crippen LogP contribution in [0.15, 0.2) is 6.07 Å². The largest absolute Gasteiger partial charge is 0.293 e. The predicted molar refractivity (Wildman–Crippen MR) is 70.7 cm³/mol. The maximum atomic E-state index is 6.26. The standard InChI is InChI=1S/C12H15Cl2NS/c13-11-7-9(12(14)16-11)10-5-4-8-3-1-2-6-15(8)10/h7-8,10H,1-6H2. The van der Waals surface area contributed by atoms with Crippen molar-refractivity contribution in [2.45, 2.75) is 44.2 Å². The van der Waals surface area contributed by atoms with Crippen molar-refractivity contribution in [1.29, 1.82) is 0 Å². The summed E-state index contributed by atoms with van der Waals surface area (Å²) in [6.45, 7) is 1.24. The van der Waals surface area contributed by atoms with Crippen molar-refractivity contribution < 1.29 is 0 Å². The average Bonchev–Trinajstić information content (AvgIpc) is 2.81. The van der Waals surface area contributed by atoms with Gasteiger partial charge in [0.05, 0.1) is 8.67 Å². The topological polar surface area (TPSA) is 3.24 Å². The number of fused-ring (bicyclic) bond motifs is 1. The molecule has 2 aliphatic rings. The zero-order chi connectivity index (χ0) is 11.1. The molecule has 16 heavy (non-hydrogen) atoms. The van der Waals surface area contributed by atoms with E-state index in [2.05, 4.69) is 11.0 Å². The summed E-state index contributed by atoms with van der Waals surface area (Å²) < 4.78 is 1.71. The van der Waals surface area contributed by atoms with Gasteiger partial charge in [-0.15, -0.1) is 11.3 Å². The summed E-state index contributed by atoms with van der Waals surface area (Å²) in [7, 11) is 0. The van der Waals surface area contributed by atoms with Crippen molar-refractivity contribution in [2.75, 3.05) is 6.54 Å². The molecule has 0 saturated carbocycles. The van der Waals surface area contributed by atoms with E-state index in [1.54, 1.807) is 0 Å². The van der Waals surface area contributed by atoms with Gasteiger partial charge in [-0.05, 0) is 38.3 Å². The van der Waals surface area contributed by atoms with E-state index in [0.29, 0.717) is 6.04 Å². The first-order chi connectivity index (χ1) is 7.75. The maximum absolute atomic E-state index is 6.26. The van der Waals surface area contributed by atoms with Gasteiger partial charge in [0.25, 0.3) is 0 Å². The molecule has 0 radical (unpaired) electrons. The summed E-state index contributed by atoms with van der Waals surface area (Å²) >= 11 is 13.8. The van der Waals surface area contributed by atoms with Crippen LogP contribution < -0.4 is 0 Å². The van der Waals surface area contributed by atoms with Gasteiger partial charge in [0.1, 0.15) is 0 Å². The zero-order valence-corrected chi connectivity index (χ0v) is 11.4. The normalized spacial score (nSPS) is 30.6. The Bertz CT molecular complexity index is 390. The van der Waals surface area contributed by atoms with Crippen molar-refractivity contribution in [3.05, 3.63) is 20.3 Å². The molecule has 1 aromatic rings. The quantitative estimate of drug-likeness (QED) is 0.715. The minimum Gasteiger partial charge on any atom is -0.293 e. The zero-order valence-electron chi connectivity index (χ0n) is 9.09. The number of thiophene rings is 1. The van der Waals surface area contributed by atoms with E-state index in [0.717, 1.165) is 14.7 Å². The van der Waals surface area contributed by atoms with Crippen LogP contribution in [-0.4, -0.2) is 17.5 Å². The monoisotopic (exact) mass is 275 g/mol. The van der Waals surface area contributed by atoms with Gasteiger partial charge >= 0.3 is 0 Å². The van der Waals surface area contributed by atoms with Gasteiger partial charge in [-0.1, -0.05) is 29.6 Å². The Morgan fingerprint density at radius 2 is 2.06 bits per heavy atom. The highest BCUT2D eigenvalue weighted by Crippen LogP contribution is 2.45. The Morgan fingerprint density at radius 3 is 2.81 bits per heavy atom. The van der Waals surface area contributed by atoms with Crippen LogP contribution in [0.3, 0.4) is 0 Å². The molecule has 0 amide bonds. The fourth-order valence-electron chi connectivity index (χ4n) is 3.17. The number of hydrogen-bond donors (Lipinski definition) is 0. The fourth-order valence-corrected chi connectivity index (χ4v) is 4.74. The number of nitrogens with zero attached hydrogens (tertiary/aromatic N) is 1. The molecule has 1 aromatic heterocycles. The van der Waals surface area contributed by atoms with Gasteiger partial charge in [-0.2, -0.15) is 0 Å². The first kappa shape index (κ1) is 11.3. The Morgan fingerprint density at radius 1 is 1.19 bits per heavy atom. The smallest absolute Gasteiger partial charge is 0.0992 e. The van der Waals surface area contributed by atoms with Crippen LogP contribution in [0, 0.1) is 0 Å². The lowest BCUT2D eigenvalue weighted by Gasteiger charge is -2.33. The summed E-state index contributed by atoms with van der Waals surface area (Å²) in [6, 6.07) is 3.39. The number of halogens is 2. The number of piperidine rings is 1. The van der Waals surface area contributed by atoms with Gasteiger partial charge in [0.15, 0.2) is 0 Å². The van der Waals surface area contributed by atoms with Gasteiger partial charge in [-0.3, -0.25) is 4.90 Å². The summed E-state index contributed by atoms with van der Waals surface area (Å²) in [5.74, 6) is 0. The van der Waals surface area contributed by atoms with Crippen molar-refractivity contribution >= 4 is 34.5 Å². The van der Waals surface area contributed by atoms with Crippen molar-refractivity contribution in [3.8, 4) is 0 Å². The van der Waals surface area contributed by atoms with Crippen LogP contribution in [0.2, 0.25) is 8.67 Å². The Kier molecular flexibility index (Phi) is 3.18. The Hall–Kier alpha value is 0.240. The molecule has 4 heteroatoms. The molecule has 3 rings (SSSR count). The first-order valence-electron chi connectivity index (χ1n) is 5.96. The van der Waals surface area contributed by atoms with Crippen LogP contribution in [-0.2, 0) is 0 Å². The van der Waals surface area contributed by atoms with Crippen LogP contribution in [0.5, 0.6) is 0 Å². The van der Waals surface area contributed by atoms with Gasteiger partial charge in [0.2, 0.25) is 0 Å². The van der Waals surface area contributed by atoms with Crippen LogP contribution in [0.4, 0.5) is 0 Å². The highest BCUT2D eigenvalue weighted by molar-refractivity contribution is 7.20. The summed E-state index contributed by atoms with van der Waals surface area (Å²) in [5, 5.41) is 0. The summed E-state index contributed by atoms with van der Waals surface area (Å²) in [4.78, 5) is 2.65. The van der Waals surface area contributed by atoms with Crippen LogP contribution >= 0.6 is 34.5 Å². The Labute approximate surface area is 110 Å². The molecule has 0 bridgehead atoms. The number of hydrogen-bond acceptors (Lipinski definition) is 2. The van der Waals surface area contributed by atoms with Crippen LogP contribution in [0.1, 0.15) is 43.7 Å². The highest BCUT2D eigenvalue weighted by atomic mass is 35.5. The van der Waals surface area contributed by atoms with Crippen molar-refractivity contribution in [3.63, 3.8) is 0 Å². The fraction of sp³-hybridized carbons (Fsp3) is 0.667. The minimum absolute atomic E-state index is 0.529. The van der Waals surface area contributed by atoms with E-state index in [1.807, 2.05) is 0 Å². The Balaban J connectivity index is 1.87. The van der Waals surface area contributed by atoms with E-state index in [1.165, 1.54) is 55.5 Å². The average molecular weight is 276 g/mol.